The van der Waals surface area contributed by atoms with Gasteiger partial charge in [0, 0.05) is 21.9 Å². The molecule has 3 nitrogen and oxygen atoms in total. The van der Waals surface area contributed by atoms with E-state index in [4.69, 9.17) is 4.74 Å². The van der Waals surface area contributed by atoms with Gasteiger partial charge in [-0.25, -0.2) is 0 Å². The van der Waals surface area contributed by atoms with Crippen molar-refractivity contribution in [1.82, 2.24) is 0 Å². The molecule has 0 radical (unpaired) electrons. The predicted octanol–water partition coefficient (Wildman–Crippen LogP) is 4.44. The Balaban J connectivity index is 2.22. The van der Waals surface area contributed by atoms with Crippen LogP contribution in [0.4, 0.5) is 0 Å². The molecule has 2 N–H and O–H groups in total. The molecule has 1 unspecified atom stereocenters. The van der Waals surface area contributed by atoms with Crippen LogP contribution < -0.4 is 0 Å². The van der Waals surface area contributed by atoms with Crippen LogP contribution >= 0.6 is 0 Å². The van der Waals surface area contributed by atoms with Crippen molar-refractivity contribution in [1.29, 1.82) is 0 Å². The average Bonchev–Trinajstić information content (AvgIpc) is 2.43. The Morgan fingerprint density at radius 1 is 1.05 bits per heavy atom. The quantitative estimate of drug-likeness (QED) is 0.762. The van der Waals surface area contributed by atoms with E-state index in [0.717, 1.165) is 30.4 Å². The second kappa shape index (κ2) is 4.92. The lowest BCUT2D eigenvalue weighted by molar-refractivity contribution is -0.0691. The zero-order valence-corrected chi connectivity index (χ0v) is 12.8. The Labute approximate surface area is 125 Å². The number of phenols is 2. The zero-order chi connectivity index (χ0) is 15.2. The van der Waals surface area contributed by atoms with E-state index in [-0.39, 0.29) is 17.5 Å². The van der Waals surface area contributed by atoms with Gasteiger partial charge < -0.3 is 14.9 Å². The van der Waals surface area contributed by atoms with Crippen molar-refractivity contribution in [3.63, 3.8) is 0 Å². The Bertz CT molecular complexity index is 683. The topological polar surface area (TPSA) is 49.7 Å². The molecule has 2 aromatic carbocycles. The summed E-state index contributed by atoms with van der Waals surface area (Å²) in [5.74, 6) is 0.549. The molecule has 0 aliphatic heterocycles. The first-order valence-electron chi connectivity index (χ1n) is 7.51. The van der Waals surface area contributed by atoms with Gasteiger partial charge in [0.2, 0.25) is 0 Å². The first kappa shape index (κ1) is 14.2. The summed E-state index contributed by atoms with van der Waals surface area (Å²) in [5, 5.41) is 22.7. The summed E-state index contributed by atoms with van der Waals surface area (Å²) in [5.41, 5.74) is 1.33. The SMILES string of the molecule is CC(C)(C)OC1CCCc2c1c(O)c1ccccc1c2O. The van der Waals surface area contributed by atoms with E-state index < -0.39 is 0 Å². The Kier molecular flexibility index (Phi) is 3.33. The van der Waals surface area contributed by atoms with Crippen LogP contribution in [-0.2, 0) is 11.2 Å². The average molecular weight is 286 g/mol. The number of benzene rings is 2. The fourth-order valence-electron chi connectivity index (χ4n) is 3.23. The third-order valence-electron chi connectivity index (χ3n) is 4.01. The van der Waals surface area contributed by atoms with Crippen LogP contribution in [0.15, 0.2) is 24.3 Å². The van der Waals surface area contributed by atoms with Gasteiger partial charge in [-0.3, -0.25) is 0 Å². The van der Waals surface area contributed by atoms with Gasteiger partial charge in [0.15, 0.2) is 0 Å². The molecule has 1 atom stereocenters. The Morgan fingerprint density at radius 3 is 2.29 bits per heavy atom. The van der Waals surface area contributed by atoms with Crippen molar-refractivity contribution in [2.24, 2.45) is 0 Å². The highest BCUT2D eigenvalue weighted by atomic mass is 16.5. The largest absolute Gasteiger partial charge is 0.507 e. The molecule has 1 aliphatic carbocycles. The van der Waals surface area contributed by atoms with Gasteiger partial charge in [0.1, 0.15) is 11.5 Å². The lowest BCUT2D eigenvalue weighted by Gasteiger charge is -2.33. The number of ether oxygens (including phenoxy) is 1. The summed E-state index contributed by atoms with van der Waals surface area (Å²) in [4.78, 5) is 0. The summed E-state index contributed by atoms with van der Waals surface area (Å²) in [6, 6.07) is 7.43. The molecule has 112 valence electrons. The number of phenolic OH excluding ortho intramolecular Hbond substituents is 2. The van der Waals surface area contributed by atoms with Crippen LogP contribution in [0.2, 0.25) is 0 Å². The summed E-state index contributed by atoms with van der Waals surface area (Å²) in [7, 11) is 0. The number of hydrogen-bond donors (Lipinski definition) is 2. The highest BCUT2D eigenvalue weighted by Crippen LogP contribution is 2.48. The minimum atomic E-state index is -0.285. The molecule has 2 aromatic rings. The van der Waals surface area contributed by atoms with Gasteiger partial charge in [0.05, 0.1) is 11.7 Å². The van der Waals surface area contributed by atoms with Crippen molar-refractivity contribution in [3.05, 3.63) is 35.4 Å². The fourth-order valence-corrected chi connectivity index (χ4v) is 3.23. The van der Waals surface area contributed by atoms with Crippen LogP contribution in [0.5, 0.6) is 11.5 Å². The molecule has 0 spiro atoms. The molecule has 1 aliphatic rings. The van der Waals surface area contributed by atoms with Crippen molar-refractivity contribution >= 4 is 10.8 Å². The predicted molar refractivity (Wildman–Crippen MR) is 83.8 cm³/mol. The van der Waals surface area contributed by atoms with Crippen molar-refractivity contribution < 1.29 is 14.9 Å². The van der Waals surface area contributed by atoms with E-state index >= 15 is 0 Å². The van der Waals surface area contributed by atoms with Crippen LogP contribution in [0, 0.1) is 0 Å². The molecule has 0 amide bonds. The van der Waals surface area contributed by atoms with Crippen molar-refractivity contribution in [2.75, 3.05) is 0 Å². The van der Waals surface area contributed by atoms with Gasteiger partial charge in [-0.2, -0.15) is 0 Å². The number of fused-ring (bicyclic) bond motifs is 2. The molecule has 21 heavy (non-hydrogen) atoms. The Hall–Kier alpha value is -1.74. The lowest BCUT2D eigenvalue weighted by atomic mass is 9.85. The second-order valence-electron chi connectivity index (χ2n) is 6.75. The Morgan fingerprint density at radius 2 is 1.67 bits per heavy atom. The molecule has 0 bridgehead atoms. The minimum Gasteiger partial charge on any atom is -0.507 e. The molecule has 0 fully saturated rings. The van der Waals surface area contributed by atoms with Gasteiger partial charge in [-0.15, -0.1) is 0 Å². The fraction of sp³-hybridized carbons (Fsp3) is 0.444. The molecule has 0 heterocycles. The number of rotatable bonds is 1. The molecule has 0 saturated carbocycles. The second-order valence-corrected chi connectivity index (χ2v) is 6.75. The third-order valence-corrected chi connectivity index (χ3v) is 4.01. The van der Waals surface area contributed by atoms with Gasteiger partial charge >= 0.3 is 0 Å². The maximum atomic E-state index is 10.7. The molecule has 0 saturated heterocycles. The third kappa shape index (κ3) is 2.46. The van der Waals surface area contributed by atoms with E-state index in [1.54, 1.807) is 0 Å². The highest BCUT2D eigenvalue weighted by Gasteiger charge is 2.31. The van der Waals surface area contributed by atoms with Crippen molar-refractivity contribution in [3.8, 4) is 11.5 Å². The van der Waals surface area contributed by atoms with E-state index in [9.17, 15) is 10.2 Å². The molecule has 3 rings (SSSR count). The standard InChI is InChI=1S/C18H22O3/c1-18(2,3)21-14-10-6-9-13-15(14)17(20)12-8-5-4-7-11(12)16(13)19/h4-5,7-8,14,19-20H,6,9-10H2,1-3H3. The summed E-state index contributed by atoms with van der Waals surface area (Å²) >= 11 is 0. The summed E-state index contributed by atoms with van der Waals surface area (Å²) < 4.78 is 6.12. The van der Waals surface area contributed by atoms with E-state index in [0.29, 0.717) is 16.5 Å². The zero-order valence-electron chi connectivity index (χ0n) is 12.8. The molecular formula is C18H22O3. The number of hydrogen-bond acceptors (Lipinski definition) is 3. The molecule has 3 heteroatoms. The maximum Gasteiger partial charge on any atom is 0.129 e. The normalized spacial score (nSPS) is 18.7. The number of aromatic hydroxyl groups is 2. The lowest BCUT2D eigenvalue weighted by Crippen LogP contribution is -2.25. The van der Waals surface area contributed by atoms with E-state index in [2.05, 4.69) is 0 Å². The van der Waals surface area contributed by atoms with Crippen LogP contribution in [0.25, 0.3) is 10.8 Å². The summed E-state index contributed by atoms with van der Waals surface area (Å²) in [6.45, 7) is 6.04. The van der Waals surface area contributed by atoms with Gasteiger partial charge in [0.25, 0.3) is 0 Å². The summed E-state index contributed by atoms with van der Waals surface area (Å²) in [6.07, 6.45) is 2.45. The first-order chi connectivity index (χ1) is 9.88. The van der Waals surface area contributed by atoms with Crippen LogP contribution in [0.1, 0.15) is 50.8 Å². The minimum absolute atomic E-state index is 0.163. The van der Waals surface area contributed by atoms with Crippen LogP contribution in [0.3, 0.4) is 0 Å². The first-order valence-corrected chi connectivity index (χ1v) is 7.51. The monoisotopic (exact) mass is 286 g/mol. The molecular weight excluding hydrogens is 264 g/mol. The van der Waals surface area contributed by atoms with Crippen LogP contribution in [-0.4, -0.2) is 15.8 Å². The van der Waals surface area contributed by atoms with E-state index in [1.165, 1.54) is 0 Å². The van der Waals surface area contributed by atoms with Crippen molar-refractivity contribution in [2.45, 2.75) is 51.7 Å². The van der Waals surface area contributed by atoms with Gasteiger partial charge in [-0.05, 0) is 40.0 Å². The smallest absolute Gasteiger partial charge is 0.129 e. The highest BCUT2D eigenvalue weighted by molar-refractivity contribution is 5.95. The molecule has 0 aromatic heterocycles. The van der Waals surface area contributed by atoms with Gasteiger partial charge in [-0.1, -0.05) is 24.3 Å². The van der Waals surface area contributed by atoms with E-state index in [1.807, 2.05) is 45.0 Å². The maximum absolute atomic E-state index is 10.7.